The highest BCUT2D eigenvalue weighted by molar-refractivity contribution is 9.10. The maximum atomic E-state index is 13.0. The van der Waals surface area contributed by atoms with Crippen LogP contribution in [0.4, 0.5) is 5.69 Å². The fourth-order valence-electron chi connectivity index (χ4n) is 4.17. The zero-order valence-electron chi connectivity index (χ0n) is 12.6. The molecule has 1 aromatic carbocycles. The first-order valence-electron chi connectivity index (χ1n) is 7.34. The second kappa shape index (κ2) is 4.42. The van der Waals surface area contributed by atoms with Gasteiger partial charge in [-0.05, 0) is 46.3 Å². The van der Waals surface area contributed by atoms with E-state index in [0.29, 0.717) is 6.42 Å². The van der Waals surface area contributed by atoms with Gasteiger partial charge in [0.25, 0.3) is 0 Å². The lowest BCUT2D eigenvalue weighted by molar-refractivity contribution is -0.131. The highest BCUT2D eigenvalue weighted by Crippen LogP contribution is 2.70. The largest absolute Gasteiger partial charge is 0.325 e. The molecule has 0 saturated heterocycles. The molecule has 2 saturated carbocycles. The summed E-state index contributed by atoms with van der Waals surface area (Å²) < 4.78 is 0.859. The molecule has 112 valence electrons. The Morgan fingerprint density at radius 1 is 1.19 bits per heavy atom. The van der Waals surface area contributed by atoms with Crippen molar-refractivity contribution < 1.29 is 9.59 Å². The molecule has 0 spiro atoms. The summed E-state index contributed by atoms with van der Waals surface area (Å²) in [5.74, 6) is 0.218. The number of ketones is 1. The second-order valence-corrected chi connectivity index (χ2v) is 7.93. The van der Waals surface area contributed by atoms with E-state index in [1.54, 1.807) is 0 Å². The van der Waals surface area contributed by atoms with E-state index in [1.165, 1.54) is 0 Å². The van der Waals surface area contributed by atoms with Crippen molar-refractivity contribution in [3.8, 4) is 0 Å². The molecule has 21 heavy (non-hydrogen) atoms. The van der Waals surface area contributed by atoms with E-state index < -0.39 is 5.41 Å². The number of anilines is 1. The van der Waals surface area contributed by atoms with Crippen molar-refractivity contribution in [2.24, 2.45) is 16.2 Å². The average Bonchev–Trinajstić information content (AvgIpc) is 2.72. The molecule has 2 fully saturated rings. The molecule has 0 unspecified atom stereocenters. The van der Waals surface area contributed by atoms with Gasteiger partial charge in [0.2, 0.25) is 5.91 Å². The van der Waals surface area contributed by atoms with Gasteiger partial charge in [0.05, 0.1) is 11.1 Å². The third kappa shape index (κ3) is 1.71. The normalized spacial score (nSPS) is 33.2. The van der Waals surface area contributed by atoms with Crippen LogP contribution in [0.5, 0.6) is 0 Å². The van der Waals surface area contributed by atoms with Crippen molar-refractivity contribution in [3.63, 3.8) is 0 Å². The summed E-state index contributed by atoms with van der Waals surface area (Å²) in [6.45, 7) is 6.17. The number of para-hydroxylation sites is 1. The van der Waals surface area contributed by atoms with Gasteiger partial charge in [-0.3, -0.25) is 9.59 Å². The first kappa shape index (κ1) is 14.8. The fourth-order valence-corrected chi connectivity index (χ4v) is 4.55. The highest BCUT2D eigenvalue weighted by atomic mass is 79.9. The van der Waals surface area contributed by atoms with Crippen LogP contribution in [-0.2, 0) is 9.59 Å². The zero-order chi connectivity index (χ0) is 15.5. The quantitative estimate of drug-likeness (QED) is 0.870. The molecule has 2 atom stereocenters. The number of benzene rings is 1. The summed E-state index contributed by atoms with van der Waals surface area (Å²) in [5, 5.41) is 3.03. The van der Waals surface area contributed by atoms with Crippen molar-refractivity contribution in [3.05, 3.63) is 28.7 Å². The predicted molar refractivity (Wildman–Crippen MR) is 86.0 cm³/mol. The number of hydrogen-bond acceptors (Lipinski definition) is 2. The monoisotopic (exact) mass is 349 g/mol. The molecular formula is C17H20BrNO2. The highest BCUT2D eigenvalue weighted by Gasteiger charge is 2.72. The van der Waals surface area contributed by atoms with Crippen LogP contribution in [0.1, 0.15) is 40.0 Å². The van der Waals surface area contributed by atoms with Gasteiger partial charge in [-0.25, -0.2) is 0 Å². The SMILES string of the molecule is CC1(C)[C@@]2(C(=O)Nc3ccccc3Br)CC[C@@]1(C)C(=O)C2. The van der Waals surface area contributed by atoms with E-state index in [-0.39, 0.29) is 22.5 Å². The summed E-state index contributed by atoms with van der Waals surface area (Å²) in [4.78, 5) is 25.4. The number of amides is 1. The number of carbonyl (C=O) groups excluding carboxylic acids is 2. The number of halogens is 1. The predicted octanol–water partition coefficient (Wildman–Crippen LogP) is 4.17. The Morgan fingerprint density at radius 2 is 1.86 bits per heavy atom. The molecule has 2 bridgehead atoms. The van der Waals surface area contributed by atoms with E-state index in [2.05, 4.69) is 35.1 Å². The standard InChI is InChI=1S/C17H20BrNO2/c1-15(2)16(3)8-9-17(15,10-13(16)20)14(21)19-12-7-5-4-6-11(12)18/h4-7H,8-10H2,1-3H3,(H,19,21)/t16-,17-/m0/s1. The molecule has 1 aromatic rings. The van der Waals surface area contributed by atoms with Gasteiger partial charge >= 0.3 is 0 Å². The van der Waals surface area contributed by atoms with Crippen LogP contribution < -0.4 is 5.32 Å². The second-order valence-electron chi connectivity index (χ2n) is 7.07. The van der Waals surface area contributed by atoms with Gasteiger partial charge in [-0.2, -0.15) is 0 Å². The van der Waals surface area contributed by atoms with Crippen LogP contribution in [0.3, 0.4) is 0 Å². The Balaban J connectivity index is 1.96. The van der Waals surface area contributed by atoms with E-state index >= 15 is 0 Å². The molecule has 0 aliphatic heterocycles. The third-order valence-corrected chi connectivity index (χ3v) is 6.95. The Hall–Kier alpha value is -1.16. The molecule has 2 aliphatic carbocycles. The summed E-state index contributed by atoms with van der Waals surface area (Å²) in [5.41, 5.74) is -0.477. The first-order valence-corrected chi connectivity index (χ1v) is 8.13. The topological polar surface area (TPSA) is 46.2 Å². The summed E-state index contributed by atoms with van der Waals surface area (Å²) in [6, 6.07) is 7.57. The van der Waals surface area contributed by atoms with Crippen LogP contribution in [0, 0.1) is 16.2 Å². The van der Waals surface area contributed by atoms with Crippen molar-refractivity contribution in [2.45, 2.75) is 40.0 Å². The van der Waals surface area contributed by atoms with Gasteiger partial charge in [-0.15, -0.1) is 0 Å². The minimum atomic E-state index is -0.575. The van der Waals surface area contributed by atoms with Crippen LogP contribution in [0.15, 0.2) is 28.7 Å². The molecule has 0 radical (unpaired) electrons. The minimum absolute atomic E-state index is 0.0195. The lowest BCUT2D eigenvalue weighted by Gasteiger charge is -2.38. The minimum Gasteiger partial charge on any atom is -0.325 e. The lowest BCUT2D eigenvalue weighted by atomic mass is 9.64. The number of fused-ring (bicyclic) bond motifs is 2. The van der Waals surface area contributed by atoms with Gasteiger partial charge in [0.15, 0.2) is 0 Å². The van der Waals surface area contributed by atoms with E-state index in [9.17, 15) is 9.59 Å². The zero-order valence-corrected chi connectivity index (χ0v) is 14.2. The molecule has 2 aliphatic rings. The number of carbonyl (C=O) groups is 2. The van der Waals surface area contributed by atoms with Crippen molar-refractivity contribution in [2.75, 3.05) is 5.32 Å². The maximum Gasteiger partial charge on any atom is 0.231 e. The molecular weight excluding hydrogens is 330 g/mol. The summed E-state index contributed by atoms with van der Waals surface area (Å²) in [7, 11) is 0. The van der Waals surface area contributed by atoms with Crippen molar-refractivity contribution in [1.82, 2.24) is 0 Å². The van der Waals surface area contributed by atoms with Crippen molar-refractivity contribution in [1.29, 1.82) is 0 Å². The van der Waals surface area contributed by atoms with Crippen LogP contribution in [0.25, 0.3) is 0 Å². The molecule has 3 rings (SSSR count). The number of Topliss-reactive ketones (excluding diaryl/α,β-unsaturated/α-hetero) is 1. The molecule has 1 amide bonds. The van der Waals surface area contributed by atoms with Crippen LogP contribution in [-0.4, -0.2) is 11.7 Å². The Labute approximate surface area is 133 Å². The Morgan fingerprint density at radius 3 is 2.38 bits per heavy atom. The summed E-state index contributed by atoms with van der Waals surface area (Å²) >= 11 is 3.45. The number of nitrogens with one attached hydrogen (secondary N) is 1. The smallest absolute Gasteiger partial charge is 0.231 e. The lowest BCUT2D eigenvalue weighted by Crippen LogP contribution is -2.43. The molecule has 0 heterocycles. The molecule has 1 N–H and O–H groups in total. The number of rotatable bonds is 2. The maximum absolute atomic E-state index is 13.0. The Kier molecular flexibility index (Phi) is 3.11. The van der Waals surface area contributed by atoms with E-state index in [1.807, 2.05) is 31.2 Å². The average molecular weight is 350 g/mol. The van der Waals surface area contributed by atoms with Crippen molar-refractivity contribution >= 4 is 33.3 Å². The van der Waals surface area contributed by atoms with Crippen LogP contribution in [0.2, 0.25) is 0 Å². The van der Waals surface area contributed by atoms with Crippen LogP contribution >= 0.6 is 15.9 Å². The molecule has 0 aromatic heterocycles. The summed E-state index contributed by atoms with van der Waals surface area (Å²) in [6.07, 6.45) is 1.97. The van der Waals surface area contributed by atoms with E-state index in [0.717, 1.165) is 23.0 Å². The third-order valence-electron chi connectivity index (χ3n) is 6.26. The van der Waals surface area contributed by atoms with Gasteiger partial charge in [-0.1, -0.05) is 32.9 Å². The van der Waals surface area contributed by atoms with Gasteiger partial charge in [0, 0.05) is 16.3 Å². The number of hydrogen-bond donors (Lipinski definition) is 1. The molecule has 3 nitrogen and oxygen atoms in total. The van der Waals surface area contributed by atoms with E-state index in [4.69, 9.17) is 0 Å². The van der Waals surface area contributed by atoms with Gasteiger partial charge < -0.3 is 5.32 Å². The fraction of sp³-hybridized carbons (Fsp3) is 0.529. The van der Waals surface area contributed by atoms with Gasteiger partial charge in [0.1, 0.15) is 5.78 Å². The first-order chi connectivity index (χ1) is 9.74. The molecule has 4 heteroatoms. The Bertz CT molecular complexity index is 639.